The van der Waals surface area contributed by atoms with Gasteiger partial charge in [0.05, 0.1) is 6.10 Å². The van der Waals surface area contributed by atoms with E-state index in [2.05, 4.69) is 42.6 Å². The number of hydrogen-bond donors (Lipinski definition) is 1. The van der Waals surface area contributed by atoms with Crippen LogP contribution in [0.3, 0.4) is 0 Å². The van der Waals surface area contributed by atoms with Crippen LogP contribution in [0.4, 0.5) is 0 Å². The monoisotopic (exact) mass is 285 g/mol. The fourth-order valence-corrected chi connectivity index (χ4v) is 2.81. The SMILES string of the molecule is CC(CNCC1CCCO1)Oc1cccc2ccccc12. The van der Waals surface area contributed by atoms with Gasteiger partial charge >= 0.3 is 0 Å². The average Bonchev–Trinajstić information content (AvgIpc) is 3.01. The Morgan fingerprint density at radius 3 is 2.95 bits per heavy atom. The van der Waals surface area contributed by atoms with Gasteiger partial charge in [0.25, 0.3) is 0 Å². The molecule has 1 N–H and O–H groups in total. The smallest absolute Gasteiger partial charge is 0.127 e. The summed E-state index contributed by atoms with van der Waals surface area (Å²) in [7, 11) is 0. The zero-order valence-corrected chi connectivity index (χ0v) is 12.5. The molecule has 0 bridgehead atoms. The largest absolute Gasteiger partial charge is 0.489 e. The van der Waals surface area contributed by atoms with Crippen LogP contribution in [0, 0.1) is 0 Å². The summed E-state index contributed by atoms with van der Waals surface area (Å²) in [5.74, 6) is 0.958. The van der Waals surface area contributed by atoms with Gasteiger partial charge in [0.2, 0.25) is 0 Å². The minimum atomic E-state index is 0.136. The Kier molecular flexibility index (Phi) is 4.73. The van der Waals surface area contributed by atoms with Crippen molar-refractivity contribution < 1.29 is 9.47 Å². The van der Waals surface area contributed by atoms with E-state index >= 15 is 0 Å². The van der Waals surface area contributed by atoms with Gasteiger partial charge in [0, 0.05) is 25.1 Å². The second-order valence-corrected chi connectivity index (χ2v) is 5.70. The first-order valence-corrected chi connectivity index (χ1v) is 7.79. The van der Waals surface area contributed by atoms with Gasteiger partial charge in [-0.25, -0.2) is 0 Å². The lowest BCUT2D eigenvalue weighted by Crippen LogP contribution is -2.34. The highest BCUT2D eigenvalue weighted by atomic mass is 16.5. The third-order valence-corrected chi connectivity index (χ3v) is 3.91. The molecule has 1 heterocycles. The van der Waals surface area contributed by atoms with Crippen LogP contribution in [0.15, 0.2) is 42.5 Å². The number of nitrogens with one attached hydrogen (secondary N) is 1. The molecule has 112 valence electrons. The molecule has 3 nitrogen and oxygen atoms in total. The molecule has 21 heavy (non-hydrogen) atoms. The van der Waals surface area contributed by atoms with E-state index in [1.54, 1.807) is 0 Å². The van der Waals surface area contributed by atoms with Crippen molar-refractivity contribution in [3.8, 4) is 5.75 Å². The van der Waals surface area contributed by atoms with Crippen molar-refractivity contribution in [3.63, 3.8) is 0 Å². The molecule has 1 fully saturated rings. The van der Waals surface area contributed by atoms with Crippen molar-refractivity contribution in [1.82, 2.24) is 5.32 Å². The number of ether oxygens (including phenoxy) is 2. The number of fused-ring (bicyclic) bond motifs is 1. The zero-order valence-electron chi connectivity index (χ0n) is 12.5. The summed E-state index contributed by atoms with van der Waals surface area (Å²) in [6.45, 7) is 4.77. The van der Waals surface area contributed by atoms with Crippen molar-refractivity contribution in [2.45, 2.75) is 32.0 Å². The highest BCUT2D eigenvalue weighted by Crippen LogP contribution is 2.25. The van der Waals surface area contributed by atoms with Crippen LogP contribution in [0.25, 0.3) is 10.8 Å². The molecule has 2 aromatic carbocycles. The summed E-state index contributed by atoms with van der Waals surface area (Å²) in [5.41, 5.74) is 0. The van der Waals surface area contributed by atoms with Gasteiger partial charge < -0.3 is 14.8 Å². The molecule has 0 aromatic heterocycles. The maximum Gasteiger partial charge on any atom is 0.127 e. The molecule has 3 rings (SSSR count). The fraction of sp³-hybridized carbons (Fsp3) is 0.444. The van der Waals surface area contributed by atoms with E-state index in [0.29, 0.717) is 6.10 Å². The average molecular weight is 285 g/mol. The van der Waals surface area contributed by atoms with Crippen molar-refractivity contribution >= 4 is 10.8 Å². The summed E-state index contributed by atoms with van der Waals surface area (Å²) in [6.07, 6.45) is 2.88. The van der Waals surface area contributed by atoms with Crippen molar-refractivity contribution in [2.75, 3.05) is 19.7 Å². The highest BCUT2D eigenvalue weighted by Gasteiger charge is 2.15. The summed E-state index contributed by atoms with van der Waals surface area (Å²) < 4.78 is 11.7. The second kappa shape index (κ2) is 6.92. The third kappa shape index (κ3) is 3.74. The Morgan fingerprint density at radius 2 is 2.10 bits per heavy atom. The first-order valence-electron chi connectivity index (χ1n) is 7.79. The predicted molar refractivity (Wildman–Crippen MR) is 85.9 cm³/mol. The van der Waals surface area contributed by atoms with E-state index < -0.39 is 0 Å². The Bertz CT molecular complexity index is 573. The Labute approximate surface area is 126 Å². The van der Waals surface area contributed by atoms with Crippen LogP contribution in [0.1, 0.15) is 19.8 Å². The van der Waals surface area contributed by atoms with Crippen molar-refractivity contribution in [1.29, 1.82) is 0 Å². The van der Waals surface area contributed by atoms with Gasteiger partial charge in [-0.3, -0.25) is 0 Å². The minimum absolute atomic E-state index is 0.136. The molecule has 1 saturated heterocycles. The molecule has 0 amide bonds. The van der Waals surface area contributed by atoms with Crippen LogP contribution in [-0.4, -0.2) is 31.9 Å². The molecule has 2 aromatic rings. The van der Waals surface area contributed by atoms with Crippen LogP contribution in [-0.2, 0) is 4.74 Å². The maximum absolute atomic E-state index is 6.09. The van der Waals surface area contributed by atoms with Crippen LogP contribution < -0.4 is 10.1 Å². The lowest BCUT2D eigenvalue weighted by molar-refractivity contribution is 0.106. The van der Waals surface area contributed by atoms with Crippen LogP contribution >= 0.6 is 0 Å². The predicted octanol–water partition coefficient (Wildman–Crippen LogP) is 3.38. The Hall–Kier alpha value is -1.58. The van der Waals surface area contributed by atoms with Crippen LogP contribution in [0.5, 0.6) is 5.75 Å². The normalized spacial score (nSPS) is 19.8. The summed E-state index contributed by atoms with van der Waals surface area (Å²) in [4.78, 5) is 0. The van der Waals surface area contributed by atoms with Gasteiger partial charge in [-0.1, -0.05) is 36.4 Å². The van der Waals surface area contributed by atoms with E-state index in [1.165, 1.54) is 23.6 Å². The molecule has 0 aliphatic carbocycles. The Balaban J connectivity index is 1.54. The molecule has 3 heteroatoms. The fourth-order valence-electron chi connectivity index (χ4n) is 2.81. The lowest BCUT2D eigenvalue weighted by Gasteiger charge is -2.18. The van der Waals surface area contributed by atoms with E-state index in [-0.39, 0.29) is 6.10 Å². The first kappa shape index (κ1) is 14.4. The summed E-state index contributed by atoms with van der Waals surface area (Å²) in [5, 5.41) is 5.83. The van der Waals surface area contributed by atoms with Gasteiger partial charge in [0.1, 0.15) is 11.9 Å². The molecule has 1 aliphatic heterocycles. The summed E-state index contributed by atoms with van der Waals surface area (Å²) >= 11 is 0. The molecule has 2 atom stereocenters. The van der Waals surface area contributed by atoms with Gasteiger partial charge in [0.15, 0.2) is 0 Å². The maximum atomic E-state index is 6.09. The van der Waals surface area contributed by atoms with E-state index in [0.717, 1.165) is 25.4 Å². The summed E-state index contributed by atoms with van der Waals surface area (Å²) in [6, 6.07) is 14.5. The molecule has 2 unspecified atom stereocenters. The standard InChI is InChI=1S/C18H23NO2/c1-14(12-19-13-16-8-5-11-20-16)21-18-10-4-7-15-6-2-3-9-17(15)18/h2-4,6-7,9-10,14,16,19H,5,8,11-13H2,1H3. The zero-order chi connectivity index (χ0) is 14.5. The topological polar surface area (TPSA) is 30.5 Å². The molecule has 0 saturated carbocycles. The molecule has 0 spiro atoms. The second-order valence-electron chi connectivity index (χ2n) is 5.70. The third-order valence-electron chi connectivity index (χ3n) is 3.91. The molecular weight excluding hydrogens is 262 g/mol. The molecule has 0 radical (unpaired) electrons. The van der Waals surface area contributed by atoms with Crippen LogP contribution in [0.2, 0.25) is 0 Å². The lowest BCUT2D eigenvalue weighted by atomic mass is 10.1. The van der Waals surface area contributed by atoms with E-state index in [9.17, 15) is 0 Å². The molecule has 1 aliphatic rings. The number of hydrogen-bond acceptors (Lipinski definition) is 3. The van der Waals surface area contributed by atoms with E-state index in [4.69, 9.17) is 9.47 Å². The van der Waals surface area contributed by atoms with E-state index in [1.807, 2.05) is 12.1 Å². The quantitative estimate of drug-likeness (QED) is 0.882. The van der Waals surface area contributed by atoms with Gasteiger partial charge in [-0.15, -0.1) is 0 Å². The van der Waals surface area contributed by atoms with Gasteiger partial charge in [-0.2, -0.15) is 0 Å². The minimum Gasteiger partial charge on any atom is -0.489 e. The highest BCUT2D eigenvalue weighted by molar-refractivity contribution is 5.88. The van der Waals surface area contributed by atoms with Crippen molar-refractivity contribution in [3.05, 3.63) is 42.5 Å². The molecular formula is C18H23NO2. The number of benzene rings is 2. The van der Waals surface area contributed by atoms with Gasteiger partial charge in [-0.05, 0) is 31.2 Å². The first-order chi connectivity index (χ1) is 10.3. The number of rotatable bonds is 6. The Morgan fingerprint density at radius 1 is 1.24 bits per heavy atom. The van der Waals surface area contributed by atoms with Crippen molar-refractivity contribution in [2.24, 2.45) is 0 Å².